The average Bonchev–Trinajstić information content (AvgIpc) is 3.48. The number of oxime groups is 1. The third-order valence-electron chi connectivity index (χ3n) is 7.96. The first-order valence-electron chi connectivity index (χ1n) is 14.7. The van der Waals surface area contributed by atoms with E-state index in [9.17, 15) is 60.8 Å². The van der Waals surface area contributed by atoms with Gasteiger partial charge in [-0.1, -0.05) is 11.2 Å². The molecular formula is C27H28N8O14S3. The standard InChI is InChI=1S/C27H28N8O14S3/c28-26-31-16(12-50-26)20(33-49-27(25(41)42)5-2-6-27)23(39)32-21-17(35(24(21)40)52(46,47)48)10-29-22(38)13-3-1-4-15(7-13)51(44,45)30-9-14-8-18(36)19(37)11-34(14)43/h1,3-4,7-8,11-12,17,21,30,37,43H,2,5-6,9-10H2,(H2,28,31)(H,29,38)(H,32,39)(H,41,42)(H,46,47,48)/t17-,21-/m0/s1. The smallest absolute Gasteiger partial charge is 0.362 e. The fourth-order valence-corrected chi connectivity index (χ4v) is 7.46. The summed E-state index contributed by atoms with van der Waals surface area (Å²) in [5, 5.41) is 38.3. The van der Waals surface area contributed by atoms with E-state index < -0.39 is 96.6 Å². The van der Waals surface area contributed by atoms with Crippen LogP contribution < -0.4 is 26.5 Å². The van der Waals surface area contributed by atoms with Crippen LogP contribution in [-0.4, -0.2) is 104 Å². The van der Waals surface area contributed by atoms with Crippen molar-refractivity contribution in [3.8, 4) is 5.75 Å². The van der Waals surface area contributed by atoms with Crippen LogP contribution in [0.2, 0.25) is 0 Å². The van der Waals surface area contributed by atoms with Crippen LogP contribution in [0.3, 0.4) is 0 Å². The van der Waals surface area contributed by atoms with E-state index in [2.05, 4.69) is 25.5 Å². The number of anilines is 1. The number of β-lactam (4-membered cyclic amide) rings is 1. The van der Waals surface area contributed by atoms with Gasteiger partial charge in [0.2, 0.25) is 21.1 Å². The molecule has 3 heterocycles. The molecule has 5 rings (SSSR count). The first kappa shape index (κ1) is 37.6. The van der Waals surface area contributed by atoms with Crippen LogP contribution in [-0.2, 0) is 46.1 Å². The molecule has 1 aliphatic heterocycles. The van der Waals surface area contributed by atoms with Gasteiger partial charge in [0.05, 0.1) is 29.4 Å². The minimum Gasteiger partial charge on any atom is -0.503 e. The van der Waals surface area contributed by atoms with Crippen molar-refractivity contribution in [3.63, 3.8) is 0 Å². The first-order valence-corrected chi connectivity index (χ1v) is 18.4. The van der Waals surface area contributed by atoms with E-state index in [0.717, 1.165) is 29.5 Å². The van der Waals surface area contributed by atoms with Crippen LogP contribution in [0.4, 0.5) is 5.13 Å². The second-order valence-corrected chi connectivity index (χ2v) is 15.3. The lowest BCUT2D eigenvalue weighted by atomic mass is 9.80. The molecule has 9 N–H and O–H groups in total. The van der Waals surface area contributed by atoms with Crippen molar-refractivity contribution in [2.24, 2.45) is 5.16 Å². The SMILES string of the molecule is Nc1nc(C(=NOC2(C(=O)O)CCC2)C(=O)N[C@@H]2C(=O)N(S(=O)(=O)O)[C@H]2CNC(=O)c2cccc(S(=O)(=O)NCc3cc(=O)c(O)cn3O)c2)cs1. The molecule has 1 saturated carbocycles. The van der Waals surface area contributed by atoms with Gasteiger partial charge in [-0.2, -0.15) is 13.1 Å². The summed E-state index contributed by atoms with van der Waals surface area (Å²) in [5.41, 5.74) is 1.79. The Labute approximate surface area is 296 Å². The molecule has 0 spiro atoms. The molecule has 2 aliphatic rings. The highest BCUT2D eigenvalue weighted by atomic mass is 32.2. The Morgan fingerprint density at radius 1 is 1.15 bits per heavy atom. The summed E-state index contributed by atoms with van der Waals surface area (Å²) in [4.78, 5) is 71.4. The predicted octanol–water partition coefficient (Wildman–Crippen LogP) is -2.04. The molecule has 2 aromatic heterocycles. The van der Waals surface area contributed by atoms with Crippen LogP contribution in [0, 0.1) is 0 Å². The number of amides is 3. The number of carbonyl (C=O) groups is 4. The van der Waals surface area contributed by atoms with Gasteiger partial charge in [-0.05, 0) is 24.6 Å². The number of aliphatic carboxylic acids is 1. The quantitative estimate of drug-likeness (QED) is 0.0287. The minimum atomic E-state index is -5.22. The van der Waals surface area contributed by atoms with E-state index in [1.807, 2.05) is 0 Å². The van der Waals surface area contributed by atoms with Crippen molar-refractivity contribution in [1.82, 2.24) is 29.4 Å². The van der Waals surface area contributed by atoms with Crippen LogP contribution in [0.15, 0.2) is 56.8 Å². The molecule has 1 aliphatic carbocycles. The lowest BCUT2D eigenvalue weighted by molar-refractivity contribution is -0.178. The van der Waals surface area contributed by atoms with Crippen LogP contribution in [0.1, 0.15) is 41.0 Å². The van der Waals surface area contributed by atoms with E-state index in [0.29, 0.717) is 17.3 Å². The zero-order valence-electron chi connectivity index (χ0n) is 26.2. The van der Waals surface area contributed by atoms with Gasteiger partial charge in [-0.25, -0.2) is 27.2 Å². The fraction of sp³-hybridized carbons (Fsp3) is 0.296. The number of nitrogens with one attached hydrogen (secondary N) is 3. The van der Waals surface area contributed by atoms with Gasteiger partial charge in [0.25, 0.3) is 17.7 Å². The Morgan fingerprint density at radius 2 is 1.87 bits per heavy atom. The zero-order valence-corrected chi connectivity index (χ0v) is 28.6. The third-order valence-corrected chi connectivity index (χ3v) is 11.0. The van der Waals surface area contributed by atoms with Crippen molar-refractivity contribution in [2.75, 3.05) is 12.3 Å². The highest BCUT2D eigenvalue weighted by Gasteiger charge is 2.54. The molecule has 0 radical (unpaired) electrons. The average molecular weight is 785 g/mol. The summed E-state index contributed by atoms with van der Waals surface area (Å²) in [6.07, 6.45) is 1.35. The first-order chi connectivity index (χ1) is 24.3. The largest absolute Gasteiger partial charge is 0.503 e. The maximum atomic E-state index is 13.4. The number of nitrogens with two attached hydrogens (primary N) is 1. The monoisotopic (exact) mass is 784 g/mol. The van der Waals surface area contributed by atoms with Crippen LogP contribution in [0.5, 0.6) is 5.75 Å². The van der Waals surface area contributed by atoms with E-state index in [4.69, 9.17) is 10.6 Å². The summed E-state index contributed by atoms with van der Waals surface area (Å²) in [6, 6.07) is 1.90. The second kappa shape index (κ2) is 14.2. The molecule has 3 amide bonds. The molecule has 0 unspecified atom stereocenters. The van der Waals surface area contributed by atoms with Crippen LogP contribution in [0.25, 0.3) is 0 Å². The molecular weight excluding hydrogens is 757 g/mol. The van der Waals surface area contributed by atoms with E-state index in [-0.39, 0.29) is 39.2 Å². The molecule has 25 heteroatoms. The predicted molar refractivity (Wildman–Crippen MR) is 175 cm³/mol. The van der Waals surface area contributed by atoms with Gasteiger partial charge in [0, 0.05) is 36.4 Å². The van der Waals surface area contributed by atoms with Gasteiger partial charge < -0.3 is 36.6 Å². The third kappa shape index (κ3) is 7.66. The zero-order chi connectivity index (χ0) is 38.2. The molecule has 2 atom stereocenters. The maximum absolute atomic E-state index is 13.4. The number of nitrogens with zero attached hydrogens (tertiary/aromatic N) is 4. The topological polar surface area (TPSA) is 339 Å². The van der Waals surface area contributed by atoms with Crippen molar-refractivity contribution >= 4 is 66.2 Å². The number of carboxylic acid groups (broad SMARTS) is 1. The molecule has 0 bridgehead atoms. The normalized spacial score (nSPS) is 18.5. The lowest BCUT2D eigenvalue weighted by Gasteiger charge is -2.44. The Bertz CT molecular complexity index is 2270. The Morgan fingerprint density at radius 3 is 2.46 bits per heavy atom. The number of nitrogen functional groups attached to an aromatic ring is 1. The highest BCUT2D eigenvalue weighted by molar-refractivity contribution is 7.89. The summed E-state index contributed by atoms with van der Waals surface area (Å²) in [6.45, 7) is -1.32. The molecule has 278 valence electrons. The number of hydrogen-bond donors (Lipinski definition) is 8. The summed E-state index contributed by atoms with van der Waals surface area (Å²) in [7, 11) is -9.60. The maximum Gasteiger partial charge on any atom is 0.362 e. The Balaban J connectivity index is 1.31. The number of thiazole rings is 1. The summed E-state index contributed by atoms with van der Waals surface area (Å²) < 4.78 is 62.0. The molecule has 3 aromatic rings. The highest BCUT2D eigenvalue weighted by Crippen LogP contribution is 2.36. The number of pyridine rings is 1. The van der Waals surface area contributed by atoms with E-state index >= 15 is 0 Å². The summed E-state index contributed by atoms with van der Waals surface area (Å²) >= 11 is 0.894. The molecule has 2 fully saturated rings. The summed E-state index contributed by atoms with van der Waals surface area (Å²) in [5.74, 6) is -5.58. The number of carboxylic acids is 1. The van der Waals surface area contributed by atoms with Crippen molar-refractivity contribution in [3.05, 3.63) is 69.1 Å². The minimum absolute atomic E-state index is 0.00493. The van der Waals surface area contributed by atoms with Crippen molar-refractivity contribution < 1.29 is 60.8 Å². The number of carbonyl (C=O) groups excluding carboxylic acids is 3. The Kier molecular flexibility index (Phi) is 10.3. The molecule has 1 saturated heterocycles. The number of aromatic hydroxyl groups is 1. The molecule has 52 heavy (non-hydrogen) atoms. The Hall–Kier alpha value is -5.63. The molecule has 22 nitrogen and oxygen atoms in total. The van der Waals surface area contributed by atoms with Crippen molar-refractivity contribution in [1.29, 1.82) is 0 Å². The van der Waals surface area contributed by atoms with Gasteiger partial charge in [-0.15, -0.1) is 11.3 Å². The van der Waals surface area contributed by atoms with E-state index in [1.54, 1.807) is 0 Å². The van der Waals surface area contributed by atoms with E-state index in [1.165, 1.54) is 17.5 Å². The van der Waals surface area contributed by atoms with Gasteiger partial charge >= 0.3 is 16.3 Å². The number of aromatic nitrogens is 2. The second-order valence-electron chi connectivity index (χ2n) is 11.3. The van der Waals surface area contributed by atoms with Crippen molar-refractivity contribution in [2.45, 2.75) is 48.4 Å². The number of hydrogen-bond acceptors (Lipinski definition) is 16. The number of sulfonamides is 1. The number of benzene rings is 1. The number of rotatable bonds is 14. The van der Waals surface area contributed by atoms with Gasteiger partial charge in [0.1, 0.15) is 11.7 Å². The van der Waals surface area contributed by atoms with Gasteiger partial charge in [0.15, 0.2) is 16.6 Å². The van der Waals surface area contributed by atoms with Gasteiger partial charge in [-0.3, -0.25) is 23.7 Å². The lowest BCUT2D eigenvalue weighted by Crippen LogP contribution is -2.74. The molecule has 1 aromatic carbocycles. The fourth-order valence-electron chi connectivity index (χ4n) is 4.99. The van der Waals surface area contributed by atoms with Crippen LogP contribution >= 0.6 is 11.3 Å².